The molecule has 0 spiro atoms. The fourth-order valence-corrected chi connectivity index (χ4v) is 3.79. The zero-order valence-corrected chi connectivity index (χ0v) is 12.7. The van der Waals surface area contributed by atoms with Crippen LogP contribution >= 0.6 is 0 Å². The lowest BCUT2D eigenvalue weighted by Gasteiger charge is -2.44. The number of aliphatic hydroxyl groups is 1. The van der Waals surface area contributed by atoms with E-state index in [9.17, 15) is 14.7 Å². The molecule has 0 amide bonds. The van der Waals surface area contributed by atoms with Crippen LogP contribution in [0.15, 0.2) is 30.3 Å². The van der Waals surface area contributed by atoms with Crippen LogP contribution in [0.25, 0.3) is 0 Å². The summed E-state index contributed by atoms with van der Waals surface area (Å²) in [5.41, 5.74) is -0.556. The van der Waals surface area contributed by atoms with Gasteiger partial charge < -0.3 is 19.3 Å². The van der Waals surface area contributed by atoms with Crippen molar-refractivity contribution in [2.45, 2.75) is 37.4 Å². The minimum atomic E-state index is -1.42. The van der Waals surface area contributed by atoms with Crippen molar-refractivity contribution in [1.29, 1.82) is 0 Å². The molecule has 23 heavy (non-hydrogen) atoms. The van der Waals surface area contributed by atoms with Gasteiger partial charge in [0, 0.05) is 18.8 Å². The largest absolute Gasteiger partial charge is 0.462 e. The van der Waals surface area contributed by atoms with Gasteiger partial charge in [-0.2, -0.15) is 0 Å². The molecule has 5 atom stereocenters. The summed E-state index contributed by atoms with van der Waals surface area (Å²) >= 11 is 0. The third-order valence-corrected chi connectivity index (χ3v) is 5.22. The monoisotopic (exact) mass is 318 g/mol. The number of carbonyl (C=O) groups is 2. The highest BCUT2D eigenvalue weighted by Gasteiger charge is 2.69. The maximum absolute atomic E-state index is 12.3. The molecule has 1 saturated carbocycles. The van der Waals surface area contributed by atoms with E-state index in [0.29, 0.717) is 5.56 Å². The molecular formula is C17H18O6. The molecular weight excluding hydrogens is 300 g/mol. The van der Waals surface area contributed by atoms with E-state index in [1.54, 1.807) is 31.2 Å². The van der Waals surface area contributed by atoms with Crippen molar-refractivity contribution in [3.63, 3.8) is 0 Å². The van der Waals surface area contributed by atoms with E-state index in [2.05, 4.69) is 0 Å². The fourth-order valence-electron chi connectivity index (χ4n) is 3.79. The SMILES string of the molecule is C[C@]12CC(=O)[C@@H]3C[C@@]1(O)O[C@H](O2)[C@@H]3COC(=O)c1ccccc1. The Morgan fingerprint density at radius 2 is 2.09 bits per heavy atom. The molecule has 3 fully saturated rings. The molecule has 3 aliphatic rings. The molecule has 6 heteroatoms. The Balaban J connectivity index is 1.50. The zero-order valence-electron chi connectivity index (χ0n) is 12.7. The lowest BCUT2D eigenvalue weighted by atomic mass is 9.70. The highest BCUT2D eigenvalue weighted by atomic mass is 16.8. The van der Waals surface area contributed by atoms with Gasteiger partial charge in [-0.15, -0.1) is 0 Å². The molecule has 0 radical (unpaired) electrons. The van der Waals surface area contributed by atoms with Gasteiger partial charge in [-0.05, 0) is 19.1 Å². The van der Waals surface area contributed by atoms with E-state index in [-0.39, 0.29) is 31.1 Å². The van der Waals surface area contributed by atoms with Crippen molar-refractivity contribution in [1.82, 2.24) is 0 Å². The van der Waals surface area contributed by atoms with Crippen LogP contribution in [0.5, 0.6) is 0 Å². The zero-order chi connectivity index (χ0) is 16.2. The van der Waals surface area contributed by atoms with Gasteiger partial charge in [0.25, 0.3) is 0 Å². The quantitative estimate of drug-likeness (QED) is 0.845. The van der Waals surface area contributed by atoms with Crippen molar-refractivity contribution in [3.05, 3.63) is 35.9 Å². The molecule has 2 saturated heterocycles. The summed E-state index contributed by atoms with van der Waals surface area (Å²) in [6.07, 6.45) is -0.418. The van der Waals surface area contributed by atoms with Gasteiger partial charge >= 0.3 is 5.97 Å². The second-order valence-electron chi connectivity index (χ2n) is 6.70. The molecule has 3 bridgehead atoms. The third-order valence-electron chi connectivity index (χ3n) is 5.22. The fraction of sp³-hybridized carbons (Fsp3) is 0.529. The average molecular weight is 318 g/mol. The minimum Gasteiger partial charge on any atom is -0.462 e. The normalized spacial score (nSPS) is 41.1. The van der Waals surface area contributed by atoms with Crippen LogP contribution in [0.1, 0.15) is 30.1 Å². The Bertz CT molecular complexity index is 658. The Labute approximate surface area is 133 Å². The van der Waals surface area contributed by atoms with Crippen LogP contribution in [0.4, 0.5) is 0 Å². The molecule has 0 unspecified atom stereocenters. The van der Waals surface area contributed by atoms with Gasteiger partial charge in [-0.25, -0.2) is 4.79 Å². The highest BCUT2D eigenvalue weighted by Crippen LogP contribution is 2.56. The van der Waals surface area contributed by atoms with E-state index < -0.39 is 29.6 Å². The molecule has 0 aromatic heterocycles. The minimum absolute atomic E-state index is 0.0287. The number of hydrogen-bond donors (Lipinski definition) is 1. The summed E-state index contributed by atoms with van der Waals surface area (Å²) in [5, 5.41) is 10.6. The van der Waals surface area contributed by atoms with Gasteiger partial charge in [-0.1, -0.05) is 18.2 Å². The van der Waals surface area contributed by atoms with Crippen LogP contribution in [-0.4, -0.2) is 41.1 Å². The molecule has 6 nitrogen and oxygen atoms in total. The summed E-state index contributed by atoms with van der Waals surface area (Å²) in [7, 11) is 0. The van der Waals surface area contributed by atoms with Crippen molar-refractivity contribution >= 4 is 11.8 Å². The Kier molecular flexibility index (Phi) is 3.13. The predicted octanol–water partition coefficient (Wildman–Crippen LogP) is 1.27. The van der Waals surface area contributed by atoms with E-state index in [1.165, 1.54) is 0 Å². The van der Waals surface area contributed by atoms with Crippen LogP contribution in [0.2, 0.25) is 0 Å². The Hall–Kier alpha value is -1.76. The Morgan fingerprint density at radius 3 is 2.83 bits per heavy atom. The standard InChI is InChI=1S/C17H18O6/c1-16-8-13(18)11-7-17(16,20)23-15(22-16)12(11)9-21-14(19)10-5-3-2-4-6-10/h2-6,11-12,15,20H,7-9H2,1H3/t11-,12-,15+,16+,17-/m1/s1. The summed E-state index contributed by atoms with van der Waals surface area (Å²) in [6.45, 7) is 1.72. The summed E-state index contributed by atoms with van der Waals surface area (Å²) in [4.78, 5) is 24.4. The van der Waals surface area contributed by atoms with Crippen molar-refractivity contribution in [3.8, 4) is 0 Å². The van der Waals surface area contributed by atoms with Crippen molar-refractivity contribution in [2.75, 3.05) is 6.61 Å². The van der Waals surface area contributed by atoms with E-state index in [4.69, 9.17) is 14.2 Å². The topological polar surface area (TPSA) is 82.1 Å². The number of Topliss-reactive ketones (excluding diaryl/α,β-unsaturated/α-hetero) is 1. The number of carbonyl (C=O) groups excluding carboxylic acids is 2. The second-order valence-corrected chi connectivity index (χ2v) is 6.70. The molecule has 122 valence electrons. The number of benzene rings is 1. The maximum atomic E-state index is 12.3. The lowest BCUT2D eigenvalue weighted by Crippen LogP contribution is -2.59. The smallest absolute Gasteiger partial charge is 0.338 e. The van der Waals surface area contributed by atoms with Gasteiger partial charge in [0.15, 0.2) is 12.1 Å². The van der Waals surface area contributed by atoms with Crippen LogP contribution < -0.4 is 0 Å². The molecule has 4 rings (SSSR count). The predicted molar refractivity (Wildman–Crippen MR) is 77.3 cm³/mol. The average Bonchev–Trinajstić information content (AvgIpc) is 2.69. The first kappa shape index (κ1) is 14.8. The summed E-state index contributed by atoms with van der Waals surface area (Å²) in [5.74, 6) is -2.63. The maximum Gasteiger partial charge on any atom is 0.338 e. The molecule has 1 N–H and O–H groups in total. The molecule has 1 aromatic rings. The number of ether oxygens (including phenoxy) is 3. The molecule has 2 heterocycles. The number of esters is 1. The van der Waals surface area contributed by atoms with Gasteiger partial charge in [0.2, 0.25) is 0 Å². The lowest BCUT2D eigenvalue weighted by molar-refractivity contribution is -0.271. The van der Waals surface area contributed by atoms with E-state index in [0.717, 1.165) is 0 Å². The van der Waals surface area contributed by atoms with E-state index in [1.807, 2.05) is 6.07 Å². The van der Waals surface area contributed by atoms with Crippen LogP contribution in [-0.2, 0) is 19.0 Å². The summed E-state index contributed by atoms with van der Waals surface area (Å²) < 4.78 is 16.8. The van der Waals surface area contributed by atoms with Gasteiger partial charge in [-0.3, -0.25) is 4.79 Å². The van der Waals surface area contributed by atoms with Crippen molar-refractivity contribution < 1.29 is 28.9 Å². The molecule has 1 aliphatic carbocycles. The number of fused-ring (bicyclic) bond motifs is 2. The van der Waals surface area contributed by atoms with Gasteiger partial charge in [0.1, 0.15) is 18.0 Å². The third kappa shape index (κ3) is 2.13. The number of rotatable bonds is 3. The van der Waals surface area contributed by atoms with E-state index >= 15 is 0 Å². The second kappa shape index (κ2) is 4.87. The molecule has 1 aromatic carbocycles. The Morgan fingerprint density at radius 1 is 1.35 bits per heavy atom. The van der Waals surface area contributed by atoms with Crippen molar-refractivity contribution in [2.24, 2.45) is 11.8 Å². The first-order chi connectivity index (χ1) is 10.9. The highest BCUT2D eigenvalue weighted by molar-refractivity contribution is 5.89. The summed E-state index contributed by atoms with van der Waals surface area (Å²) in [6, 6.07) is 8.67. The molecule has 2 aliphatic heterocycles. The van der Waals surface area contributed by atoms with Crippen LogP contribution in [0.3, 0.4) is 0 Å². The van der Waals surface area contributed by atoms with Crippen LogP contribution in [0, 0.1) is 11.8 Å². The first-order valence-electron chi connectivity index (χ1n) is 7.75. The first-order valence-corrected chi connectivity index (χ1v) is 7.75. The van der Waals surface area contributed by atoms with Gasteiger partial charge in [0.05, 0.1) is 11.5 Å². The number of ketones is 1. The number of hydrogen-bond acceptors (Lipinski definition) is 6.